The van der Waals surface area contributed by atoms with E-state index in [1.165, 1.54) is 18.3 Å². The lowest BCUT2D eigenvalue weighted by Crippen LogP contribution is -2.34. The number of nitrogens with two attached hydrogens (primary N) is 1. The van der Waals surface area contributed by atoms with Crippen molar-refractivity contribution in [3.8, 4) is 5.88 Å². The van der Waals surface area contributed by atoms with E-state index in [9.17, 15) is 17.6 Å². The Hall–Kier alpha value is -1.86. The number of alkyl halides is 4. The summed E-state index contributed by atoms with van der Waals surface area (Å²) in [5.41, 5.74) is 5.11. The van der Waals surface area contributed by atoms with Gasteiger partial charge in [-0.3, -0.25) is 5.41 Å². The maximum atomic E-state index is 12.6. The van der Waals surface area contributed by atoms with Crippen molar-refractivity contribution < 1.29 is 22.3 Å². The van der Waals surface area contributed by atoms with E-state index >= 15 is 0 Å². The first kappa shape index (κ1) is 13.2. The summed E-state index contributed by atoms with van der Waals surface area (Å²) >= 11 is 0. The molecule has 1 heterocycles. The highest BCUT2D eigenvalue weighted by atomic mass is 19.3. The zero-order chi connectivity index (χ0) is 13.1. The Morgan fingerprint density at radius 1 is 1.53 bits per heavy atom. The van der Waals surface area contributed by atoms with Crippen molar-refractivity contribution >= 4 is 5.84 Å². The minimum absolute atomic E-state index is 0.0300. The number of amidine groups is 1. The van der Waals surface area contributed by atoms with Gasteiger partial charge in [-0.25, -0.2) is 13.8 Å². The average molecular weight is 251 g/mol. The van der Waals surface area contributed by atoms with Crippen LogP contribution in [0.3, 0.4) is 0 Å². The van der Waals surface area contributed by atoms with Crippen LogP contribution in [0.5, 0.6) is 5.88 Å². The van der Waals surface area contributed by atoms with Gasteiger partial charge in [0.05, 0.1) is 5.56 Å². The first-order valence-electron chi connectivity index (χ1n) is 4.43. The molecule has 1 rings (SSSR count). The Morgan fingerprint density at radius 2 is 2.18 bits per heavy atom. The zero-order valence-electron chi connectivity index (χ0n) is 8.46. The second-order valence-electron chi connectivity index (χ2n) is 3.12. The molecule has 1 aromatic heterocycles. The molecule has 0 spiro atoms. The van der Waals surface area contributed by atoms with Gasteiger partial charge in [0, 0.05) is 6.20 Å². The summed E-state index contributed by atoms with van der Waals surface area (Å²) in [6.07, 6.45) is -2.62. The van der Waals surface area contributed by atoms with E-state index in [0.29, 0.717) is 0 Å². The Labute approximate surface area is 93.9 Å². The first-order valence-corrected chi connectivity index (χ1v) is 4.43. The van der Waals surface area contributed by atoms with Crippen molar-refractivity contribution in [2.75, 3.05) is 6.61 Å². The fourth-order valence-electron chi connectivity index (χ4n) is 0.938. The van der Waals surface area contributed by atoms with Crippen LogP contribution in [0.15, 0.2) is 18.3 Å². The van der Waals surface area contributed by atoms with Crippen LogP contribution in [0.2, 0.25) is 0 Å². The van der Waals surface area contributed by atoms with Gasteiger partial charge >= 0.3 is 12.3 Å². The zero-order valence-corrected chi connectivity index (χ0v) is 8.46. The summed E-state index contributed by atoms with van der Waals surface area (Å²) in [5.74, 6) is -5.10. The van der Waals surface area contributed by atoms with Crippen molar-refractivity contribution in [1.29, 1.82) is 5.41 Å². The van der Waals surface area contributed by atoms with E-state index in [2.05, 4.69) is 9.72 Å². The standard InChI is InChI=1S/C9H9F4N3O/c10-8(11)9(12,13)4-17-7-5(6(14)15)2-1-3-16-7/h1-3,8H,4H2,(H3,14,15). The second-order valence-corrected chi connectivity index (χ2v) is 3.12. The van der Waals surface area contributed by atoms with Crippen molar-refractivity contribution in [3.63, 3.8) is 0 Å². The molecule has 0 atom stereocenters. The highest BCUT2D eigenvalue weighted by Gasteiger charge is 2.42. The third-order valence-electron chi connectivity index (χ3n) is 1.78. The first-order chi connectivity index (χ1) is 7.84. The number of hydrogen-bond donors (Lipinski definition) is 2. The maximum absolute atomic E-state index is 12.6. The van der Waals surface area contributed by atoms with E-state index in [1.54, 1.807) is 0 Å². The SMILES string of the molecule is N=C(N)c1cccnc1OCC(F)(F)C(F)F. The number of aromatic nitrogens is 1. The molecule has 0 aliphatic heterocycles. The van der Waals surface area contributed by atoms with Gasteiger partial charge in [0.2, 0.25) is 5.88 Å². The van der Waals surface area contributed by atoms with Gasteiger partial charge in [-0.05, 0) is 12.1 Å². The fraction of sp³-hybridized carbons (Fsp3) is 0.333. The Kier molecular flexibility index (Phi) is 3.87. The molecule has 0 fully saturated rings. The van der Waals surface area contributed by atoms with Gasteiger partial charge in [0.1, 0.15) is 5.84 Å². The molecule has 0 aliphatic rings. The van der Waals surface area contributed by atoms with Crippen LogP contribution in [0, 0.1) is 5.41 Å². The number of nitrogens with zero attached hydrogens (tertiary/aromatic N) is 1. The molecule has 0 amide bonds. The van der Waals surface area contributed by atoms with E-state index < -0.39 is 24.8 Å². The lowest BCUT2D eigenvalue weighted by atomic mass is 10.2. The minimum Gasteiger partial charge on any atom is -0.470 e. The predicted octanol–water partition coefficient (Wildman–Crippen LogP) is 1.64. The highest BCUT2D eigenvalue weighted by Crippen LogP contribution is 2.24. The lowest BCUT2D eigenvalue weighted by molar-refractivity contribution is -0.148. The van der Waals surface area contributed by atoms with E-state index in [0.717, 1.165) is 0 Å². The van der Waals surface area contributed by atoms with Crippen molar-refractivity contribution in [2.45, 2.75) is 12.3 Å². The fourth-order valence-corrected chi connectivity index (χ4v) is 0.938. The molecule has 94 valence electrons. The van der Waals surface area contributed by atoms with Crippen LogP contribution < -0.4 is 10.5 Å². The Balaban J connectivity index is 2.79. The van der Waals surface area contributed by atoms with Crippen molar-refractivity contribution in [1.82, 2.24) is 4.98 Å². The quantitative estimate of drug-likeness (QED) is 0.474. The van der Waals surface area contributed by atoms with E-state index in [4.69, 9.17) is 11.1 Å². The molecule has 4 nitrogen and oxygen atoms in total. The van der Waals surface area contributed by atoms with Crippen molar-refractivity contribution in [3.05, 3.63) is 23.9 Å². The summed E-state index contributed by atoms with van der Waals surface area (Å²) in [6, 6.07) is 2.72. The number of hydrogen-bond acceptors (Lipinski definition) is 3. The molecule has 0 aromatic carbocycles. The lowest BCUT2D eigenvalue weighted by Gasteiger charge is -2.16. The highest BCUT2D eigenvalue weighted by molar-refractivity contribution is 5.96. The molecule has 0 unspecified atom stereocenters. The molecule has 0 bridgehead atoms. The largest absolute Gasteiger partial charge is 0.470 e. The topological polar surface area (TPSA) is 72.0 Å². The van der Waals surface area contributed by atoms with Gasteiger partial charge in [-0.2, -0.15) is 8.78 Å². The minimum atomic E-state index is -4.27. The molecule has 3 N–H and O–H groups in total. The van der Waals surface area contributed by atoms with Gasteiger partial charge in [-0.1, -0.05) is 0 Å². The number of nitrogens with one attached hydrogen (secondary N) is 1. The normalized spacial score (nSPS) is 11.6. The molecule has 8 heteroatoms. The Bertz CT molecular complexity index is 411. The summed E-state index contributed by atoms with van der Waals surface area (Å²) in [6.45, 7) is -1.53. The van der Waals surface area contributed by atoms with Gasteiger partial charge in [0.15, 0.2) is 6.61 Å². The summed E-state index contributed by atoms with van der Waals surface area (Å²) < 4.78 is 53.3. The number of ether oxygens (including phenoxy) is 1. The molecule has 0 aliphatic carbocycles. The molecular formula is C9H9F4N3O. The molecule has 0 saturated carbocycles. The summed E-state index contributed by atoms with van der Waals surface area (Å²) in [4.78, 5) is 3.54. The summed E-state index contributed by atoms with van der Waals surface area (Å²) in [5, 5.41) is 7.12. The third kappa shape index (κ3) is 3.30. The molecule has 0 radical (unpaired) electrons. The van der Waals surface area contributed by atoms with Crippen LogP contribution in [-0.2, 0) is 0 Å². The number of nitrogen functional groups attached to an aromatic ring is 1. The van der Waals surface area contributed by atoms with Crippen molar-refractivity contribution in [2.24, 2.45) is 5.73 Å². The van der Waals surface area contributed by atoms with E-state index in [-0.39, 0.29) is 11.4 Å². The maximum Gasteiger partial charge on any atom is 0.340 e. The monoisotopic (exact) mass is 251 g/mol. The third-order valence-corrected chi connectivity index (χ3v) is 1.78. The average Bonchev–Trinajstić information content (AvgIpc) is 2.26. The van der Waals surface area contributed by atoms with Crippen LogP contribution in [0.1, 0.15) is 5.56 Å². The number of rotatable bonds is 5. The van der Waals surface area contributed by atoms with Crippen LogP contribution in [-0.4, -0.2) is 29.8 Å². The molecule has 0 saturated heterocycles. The van der Waals surface area contributed by atoms with E-state index in [1.807, 2.05) is 0 Å². The number of halogens is 4. The van der Waals surface area contributed by atoms with Crippen LogP contribution in [0.25, 0.3) is 0 Å². The smallest absolute Gasteiger partial charge is 0.340 e. The van der Waals surface area contributed by atoms with Crippen LogP contribution >= 0.6 is 0 Å². The van der Waals surface area contributed by atoms with Gasteiger partial charge in [0.25, 0.3) is 0 Å². The molecule has 17 heavy (non-hydrogen) atoms. The van der Waals surface area contributed by atoms with Gasteiger partial charge in [-0.15, -0.1) is 0 Å². The second kappa shape index (κ2) is 4.98. The Morgan fingerprint density at radius 3 is 2.71 bits per heavy atom. The van der Waals surface area contributed by atoms with Gasteiger partial charge < -0.3 is 10.5 Å². The number of pyridine rings is 1. The predicted molar refractivity (Wildman–Crippen MR) is 51.7 cm³/mol. The summed E-state index contributed by atoms with van der Waals surface area (Å²) in [7, 11) is 0. The molecule has 1 aromatic rings. The molecular weight excluding hydrogens is 242 g/mol. The van der Waals surface area contributed by atoms with Crippen LogP contribution in [0.4, 0.5) is 17.6 Å².